The highest BCUT2D eigenvalue weighted by Gasteiger charge is 2.21. The fourth-order valence-corrected chi connectivity index (χ4v) is 5.11. The Morgan fingerprint density at radius 2 is 1.11 bits per heavy atom. The predicted octanol–water partition coefficient (Wildman–Crippen LogP) is 3.54. The molecule has 0 N–H and O–H groups in total. The number of piperidine rings is 2. The first-order chi connectivity index (χ1) is 18.6. The molecule has 0 aromatic heterocycles. The van der Waals surface area contributed by atoms with Crippen LogP contribution in [0.15, 0.2) is 0 Å². The smallest absolute Gasteiger partial charge is 0.307 e. The molecule has 9 heteroatoms. The van der Waals surface area contributed by atoms with Gasteiger partial charge in [-0.05, 0) is 77.2 Å². The van der Waals surface area contributed by atoms with Gasteiger partial charge in [0.1, 0.15) is 13.2 Å². The van der Waals surface area contributed by atoms with Crippen LogP contribution in [-0.2, 0) is 33.3 Å². The summed E-state index contributed by atoms with van der Waals surface area (Å²) in [6.45, 7) is 10.6. The van der Waals surface area contributed by atoms with Gasteiger partial charge in [0.05, 0.1) is 46.1 Å². The first-order valence-corrected chi connectivity index (χ1v) is 15.0. The lowest BCUT2D eigenvalue weighted by molar-refractivity contribution is -0.146. The fraction of sp³-hybridized carbons (Fsp3) is 0.931. The van der Waals surface area contributed by atoms with Crippen LogP contribution in [0.4, 0.5) is 0 Å². The highest BCUT2D eigenvalue weighted by Crippen LogP contribution is 2.27. The molecule has 2 aliphatic rings. The van der Waals surface area contributed by atoms with Gasteiger partial charge in [0.2, 0.25) is 0 Å². The quantitative estimate of drug-likeness (QED) is 0.160. The van der Waals surface area contributed by atoms with Crippen LogP contribution in [0.25, 0.3) is 0 Å². The molecule has 0 aromatic carbocycles. The molecule has 0 aliphatic carbocycles. The zero-order valence-electron chi connectivity index (χ0n) is 24.2. The fourth-order valence-electron chi connectivity index (χ4n) is 5.11. The third kappa shape index (κ3) is 16.6. The van der Waals surface area contributed by atoms with E-state index in [9.17, 15) is 9.59 Å². The van der Waals surface area contributed by atoms with Crippen molar-refractivity contribution in [1.29, 1.82) is 0 Å². The molecule has 0 saturated carbocycles. The number of ether oxygens (including phenoxy) is 5. The van der Waals surface area contributed by atoms with E-state index < -0.39 is 0 Å². The van der Waals surface area contributed by atoms with E-state index in [2.05, 4.69) is 16.8 Å². The summed E-state index contributed by atoms with van der Waals surface area (Å²) in [6, 6.07) is 0. The Balaban J connectivity index is 1.31. The summed E-state index contributed by atoms with van der Waals surface area (Å²) < 4.78 is 26.5. The Morgan fingerprint density at radius 1 is 0.658 bits per heavy atom. The minimum absolute atomic E-state index is 0.150. The summed E-state index contributed by atoms with van der Waals surface area (Å²) in [4.78, 5) is 28.1. The molecular formula is C29H54N2O7. The summed E-state index contributed by atoms with van der Waals surface area (Å²) >= 11 is 0. The highest BCUT2D eigenvalue weighted by molar-refractivity contribution is 5.69. The van der Waals surface area contributed by atoms with E-state index in [4.69, 9.17) is 23.7 Å². The molecule has 2 aliphatic heterocycles. The topological polar surface area (TPSA) is 86.8 Å². The van der Waals surface area contributed by atoms with Gasteiger partial charge in [0, 0.05) is 13.0 Å². The standard InChI is InChI=1S/C29H54N2O7/c1-3-5-28(32)37-24-22-35-20-18-34-19-21-36-23-25-38-29(33)12-17-31-15-10-27(11-16-31)7-4-6-26-8-13-30(2)14-9-26/h26-27H,3-25H2,1-2H3. The Hall–Kier alpha value is -1.26. The maximum absolute atomic E-state index is 12.0. The molecule has 2 saturated heterocycles. The summed E-state index contributed by atoms with van der Waals surface area (Å²) in [7, 11) is 2.23. The molecule has 0 aromatic rings. The second kappa shape index (κ2) is 21.5. The molecule has 0 atom stereocenters. The normalized spacial score (nSPS) is 18.1. The third-order valence-electron chi connectivity index (χ3n) is 7.58. The van der Waals surface area contributed by atoms with Gasteiger partial charge in [0.25, 0.3) is 0 Å². The van der Waals surface area contributed by atoms with Crippen molar-refractivity contribution >= 4 is 11.9 Å². The van der Waals surface area contributed by atoms with E-state index in [-0.39, 0.29) is 25.2 Å². The van der Waals surface area contributed by atoms with Crippen LogP contribution in [0.1, 0.15) is 71.1 Å². The average Bonchev–Trinajstić information content (AvgIpc) is 2.92. The zero-order valence-corrected chi connectivity index (χ0v) is 24.2. The monoisotopic (exact) mass is 542 g/mol. The molecule has 0 unspecified atom stereocenters. The van der Waals surface area contributed by atoms with Crippen molar-refractivity contribution in [3.63, 3.8) is 0 Å². The number of likely N-dealkylation sites (tertiary alicyclic amines) is 2. The number of carbonyl (C=O) groups excluding carboxylic acids is 2. The molecule has 9 nitrogen and oxygen atoms in total. The van der Waals surface area contributed by atoms with Gasteiger partial charge in [-0.25, -0.2) is 0 Å². The van der Waals surface area contributed by atoms with E-state index >= 15 is 0 Å². The van der Waals surface area contributed by atoms with Crippen molar-refractivity contribution in [1.82, 2.24) is 9.80 Å². The highest BCUT2D eigenvalue weighted by atomic mass is 16.6. The maximum Gasteiger partial charge on any atom is 0.307 e. The lowest BCUT2D eigenvalue weighted by atomic mass is 9.87. The molecule has 0 spiro atoms. The van der Waals surface area contributed by atoms with Crippen LogP contribution in [0.2, 0.25) is 0 Å². The number of rotatable bonds is 21. The van der Waals surface area contributed by atoms with Crippen LogP contribution < -0.4 is 0 Å². The van der Waals surface area contributed by atoms with Crippen LogP contribution in [0.3, 0.4) is 0 Å². The summed E-state index contributed by atoms with van der Waals surface area (Å²) in [6.07, 6.45) is 11.1. The molecule has 0 amide bonds. The average molecular weight is 543 g/mol. The van der Waals surface area contributed by atoms with Gasteiger partial charge < -0.3 is 33.5 Å². The number of nitrogens with zero attached hydrogens (tertiary/aromatic N) is 2. The van der Waals surface area contributed by atoms with Gasteiger partial charge in [-0.1, -0.05) is 26.2 Å². The van der Waals surface area contributed by atoms with Gasteiger partial charge in [0.15, 0.2) is 0 Å². The van der Waals surface area contributed by atoms with Crippen molar-refractivity contribution in [3.05, 3.63) is 0 Å². The first kappa shape index (κ1) is 32.9. The number of hydrogen-bond donors (Lipinski definition) is 0. The first-order valence-electron chi connectivity index (χ1n) is 15.0. The van der Waals surface area contributed by atoms with Crippen LogP contribution in [0.5, 0.6) is 0 Å². The van der Waals surface area contributed by atoms with Crippen molar-refractivity contribution in [3.8, 4) is 0 Å². The molecule has 222 valence electrons. The lowest BCUT2D eigenvalue weighted by Crippen LogP contribution is -2.35. The van der Waals surface area contributed by atoms with E-state index in [1.165, 1.54) is 58.0 Å². The third-order valence-corrected chi connectivity index (χ3v) is 7.58. The van der Waals surface area contributed by atoms with Crippen LogP contribution in [-0.4, -0.2) is 114 Å². The van der Waals surface area contributed by atoms with Crippen molar-refractivity contribution in [2.75, 3.05) is 92.6 Å². The molecule has 0 bridgehead atoms. The van der Waals surface area contributed by atoms with Gasteiger partial charge >= 0.3 is 11.9 Å². The van der Waals surface area contributed by atoms with Gasteiger partial charge in [-0.2, -0.15) is 0 Å². The summed E-state index contributed by atoms with van der Waals surface area (Å²) in [5.74, 6) is 1.47. The SMILES string of the molecule is CCCC(=O)OCCOCCOCCOCCOC(=O)CCN1CCC(CCCC2CCN(C)CC2)CC1. The molecule has 2 heterocycles. The lowest BCUT2D eigenvalue weighted by Gasteiger charge is -2.32. The van der Waals surface area contributed by atoms with Gasteiger partial charge in [-0.15, -0.1) is 0 Å². The van der Waals surface area contributed by atoms with Crippen LogP contribution >= 0.6 is 0 Å². The maximum atomic E-state index is 12.0. The number of carbonyl (C=O) groups is 2. The summed E-state index contributed by atoms with van der Waals surface area (Å²) in [5, 5.41) is 0. The van der Waals surface area contributed by atoms with Crippen molar-refractivity contribution in [2.45, 2.75) is 71.1 Å². The predicted molar refractivity (Wildman–Crippen MR) is 147 cm³/mol. The molecule has 2 fully saturated rings. The van der Waals surface area contributed by atoms with Crippen molar-refractivity contribution in [2.24, 2.45) is 11.8 Å². The van der Waals surface area contributed by atoms with E-state index in [0.717, 1.165) is 37.9 Å². The van der Waals surface area contributed by atoms with Crippen LogP contribution in [0, 0.1) is 11.8 Å². The molecule has 2 rings (SSSR count). The Morgan fingerprint density at radius 3 is 1.61 bits per heavy atom. The van der Waals surface area contributed by atoms with E-state index in [1.807, 2.05) is 6.92 Å². The molecular weight excluding hydrogens is 488 g/mol. The largest absolute Gasteiger partial charge is 0.463 e. The second-order valence-electron chi connectivity index (χ2n) is 10.7. The Bertz CT molecular complexity index is 606. The number of esters is 2. The minimum Gasteiger partial charge on any atom is -0.463 e. The zero-order chi connectivity index (χ0) is 27.3. The van der Waals surface area contributed by atoms with E-state index in [1.54, 1.807) is 0 Å². The van der Waals surface area contributed by atoms with Gasteiger partial charge in [-0.3, -0.25) is 9.59 Å². The van der Waals surface area contributed by atoms with E-state index in [0.29, 0.717) is 52.5 Å². The summed E-state index contributed by atoms with van der Waals surface area (Å²) in [5.41, 5.74) is 0. The Labute approximate surface area is 230 Å². The second-order valence-corrected chi connectivity index (χ2v) is 10.7. The molecule has 0 radical (unpaired) electrons. The minimum atomic E-state index is -0.186. The molecule has 38 heavy (non-hydrogen) atoms. The van der Waals surface area contributed by atoms with Crippen molar-refractivity contribution < 1.29 is 33.3 Å². The number of hydrogen-bond acceptors (Lipinski definition) is 9. The Kier molecular flexibility index (Phi) is 18.7.